The van der Waals surface area contributed by atoms with Crippen LogP contribution in [-0.4, -0.2) is 36.9 Å². The van der Waals surface area contributed by atoms with Gasteiger partial charge in [0.2, 0.25) is 5.95 Å². The highest BCUT2D eigenvalue weighted by molar-refractivity contribution is 5.75. The van der Waals surface area contributed by atoms with Crippen LogP contribution >= 0.6 is 0 Å². The Morgan fingerprint density at radius 1 is 1.27 bits per heavy atom. The summed E-state index contributed by atoms with van der Waals surface area (Å²) in [6.07, 6.45) is 2.13. The summed E-state index contributed by atoms with van der Waals surface area (Å²) in [4.78, 5) is 8.44. The van der Waals surface area contributed by atoms with Crippen LogP contribution < -0.4 is 10.5 Å². The molecule has 134 valence electrons. The van der Waals surface area contributed by atoms with Crippen molar-refractivity contribution in [2.75, 3.05) is 19.8 Å². The predicted molar refractivity (Wildman–Crippen MR) is 92.2 cm³/mol. The number of aromatic nitrogens is 1. The third-order valence-electron chi connectivity index (χ3n) is 5.46. The predicted octanol–water partition coefficient (Wildman–Crippen LogP) is 2.23. The Morgan fingerprint density at radius 2 is 2.19 bits per heavy atom. The van der Waals surface area contributed by atoms with E-state index in [4.69, 9.17) is 19.9 Å². The molecule has 0 saturated carbocycles. The van der Waals surface area contributed by atoms with Crippen LogP contribution in [0.2, 0.25) is 0 Å². The number of benzene rings is 1. The summed E-state index contributed by atoms with van der Waals surface area (Å²) in [7, 11) is 0. The molecule has 0 amide bonds. The van der Waals surface area contributed by atoms with Crippen molar-refractivity contribution in [3.63, 3.8) is 0 Å². The van der Waals surface area contributed by atoms with E-state index in [-0.39, 0.29) is 18.0 Å². The van der Waals surface area contributed by atoms with Gasteiger partial charge in [0.05, 0.1) is 6.61 Å². The van der Waals surface area contributed by atoms with Crippen molar-refractivity contribution in [3.05, 3.63) is 48.0 Å². The van der Waals surface area contributed by atoms with E-state index in [0.29, 0.717) is 31.1 Å². The van der Waals surface area contributed by atoms with Gasteiger partial charge in [0, 0.05) is 29.8 Å². The van der Waals surface area contributed by atoms with Gasteiger partial charge in [-0.05, 0) is 36.2 Å². The topological polar surface area (TPSA) is 79.0 Å². The van der Waals surface area contributed by atoms with E-state index in [1.165, 1.54) is 6.20 Å². The molecule has 2 N–H and O–H groups in total. The lowest BCUT2D eigenvalue weighted by Gasteiger charge is -2.45. The van der Waals surface area contributed by atoms with Crippen LogP contribution in [-0.2, 0) is 15.0 Å². The molecule has 2 aromatic rings. The largest absolute Gasteiger partial charge is 0.487 e. The molecule has 1 aromatic heterocycles. The second-order valence-electron chi connectivity index (χ2n) is 6.84. The zero-order valence-electron chi connectivity index (χ0n) is 14.0. The molecule has 26 heavy (non-hydrogen) atoms. The zero-order chi connectivity index (χ0) is 17.7. The fourth-order valence-corrected chi connectivity index (χ4v) is 4.25. The van der Waals surface area contributed by atoms with Crippen LogP contribution in [0.1, 0.15) is 12.0 Å². The van der Waals surface area contributed by atoms with Crippen molar-refractivity contribution in [2.45, 2.75) is 18.1 Å². The molecule has 1 saturated heterocycles. The second kappa shape index (κ2) is 5.67. The maximum absolute atomic E-state index is 14.2. The molecule has 6 nitrogen and oxygen atoms in total. The summed E-state index contributed by atoms with van der Waals surface area (Å²) < 4.78 is 31.5. The van der Waals surface area contributed by atoms with Crippen LogP contribution in [0.3, 0.4) is 0 Å². The maximum atomic E-state index is 14.2. The number of nitrogens with zero attached hydrogens (tertiary/aromatic N) is 2. The van der Waals surface area contributed by atoms with Crippen molar-refractivity contribution < 1.29 is 18.6 Å². The Labute approximate surface area is 149 Å². The van der Waals surface area contributed by atoms with E-state index in [2.05, 4.69) is 9.98 Å². The average Bonchev–Trinajstić information content (AvgIpc) is 3.05. The van der Waals surface area contributed by atoms with Crippen LogP contribution in [0.25, 0.3) is 11.1 Å². The lowest BCUT2D eigenvalue weighted by molar-refractivity contribution is -0.0732. The number of halogens is 1. The molecule has 1 aromatic carbocycles. The maximum Gasteiger partial charge on any atom is 0.283 e. The summed E-state index contributed by atoms with van der Waals surface area (Å²) in [5.74, 6) is 0.304. The van der Waals surface area contributed by atoms with Crippen LogP contribution in [0, 0.1) is 11.9 Å². The monoisotopic (exact) mass is 355 g/mol. The fraction of sp³-hybridized carbons (Fsp3) is 0.368. The minimum Gasteiger partial charge on any atom is -0.487 e. The third kappa shape index (κ3) is 2.20. The molecule has 0 bridgehead atoms. The molecular weight excluding hydrogens is 337 g/mol. The van der Waals surface area contributed by atoms with Gasteiger partial charge in [-0.15, -0.1) is 0 Å². The lowest BCUT2D eigenvalue weighted by atomic mass is 9.71. The summed E-state index contributed by atoms with van der Waals surface area (Å²) >= 11 is 0. The van der Waals surface area contributed by atoms with E-state index in [0.717, 1.165) is 17.5 Å². The molecule has 0 aliphatic carbocycles. The second-order valence-corrected chi connectivity index (χ2v) is 6.84. The molecule has 1 fully saturated rings. The molecular formula is C19H18FN3O3. The summed E-state index contributed by atoms with van der Waals surface area (Å²) in [5.41, 5.74) is 7.30. The Hall–Kier alpha value is -2.67. The number of ether oxygens (including phenoxy) is 3. The normalized spacial score (nSPS) is 29.3. The lowest BCUT2D eigenvalue weighted by Crippen LogP contribution is -2.52. The van der Waals surface area contributed by atoms with E-state index < -0.39 is 11.5 Å². The molecule has 4 heterocycles. The highest BCUT2D eigenvalue weighted by atomic mass is 19.1. The smallest absolute Gasteiger partial charge is 0.283 e. The Balaban J connectivity index is 1.69. The van der Waals surface area contributed by atoms with Gasteiger partial charge in [-0.2, -0.15) is 4.39 Å². The van der Waals surface area contributed by atoms with Gasteiger partial charge in [0.25, 0.3) is 6.02 Å². The van der Waals surface area contributed by atoms with E-state index in [1.54, 1.807) is 12.1 Å². The minimum absolute atomic E-state index is 0.0961. The summed E-state index contributed by atoms with van der Waals surface area (Å²) in [5, 5.41) is 0. The van der Waals surface area contributed by atoms with Crippen molar-refractivity contribution in [1.29, 1.82) is 0 Å². The van der Waals surface area contributed by atoms with Gasteiger partial charge >= 0.3 is 0 Å². The van der Waals surface area contributed by atoms with Crippen molar-refractivity contribution in [3.8, 4) is 16.9 Å². The quantitative estimate of drug-likeness (QED) is 0.794. The van der Waals surface area contributed by atoms with Crippen molar-refractivity contribution in [1.82, 2.24) is 4.98 Å². The number of fused-ring (bicyclic) bond motifs is 4. The zero-order valence-corrected chi connectivity index (χ0v) is 14.0. The molecule has 1 spiro atoms. The molecule has 3 aliphatic heterocycles. The highest BCUT2D eigenvalue weighted by Crippen LogP contribution is 2.51. The first-order valence-electron chi connectivity index (χ1n) is 8.65. The number of amidine groups is 1. The molecule has 0 radical (unpaired) electrons. The molecule has 1 unspecified atom stereocenters. The third-order valence-corrected chi connectivity index (χ3v) is 5.46. The molecule has 7 heteroatoms. The highest BCUT2D eigenvalue weighted by Gasteiger charge is 2.54. The van der Waals surface area contributed by atoms with Crippen LogP contribution in [0.4, 0.5) is 4.39 Å². The van der Waals surface area contributed by atoms with E-state index in [9.17, 15) is 4.39 Å². The van der Waals surface area contributed by atoms with Gasteiger partial charge in [-0.3, -0.25) is 0 Å². The number of nitrogens with two attached hydrogens (primary N) is 1. The van der Waals surface area contributed by atoms with Gasteiger partial charge in [-0.1, -0.05) is 6.07 Å². The number of hydrogen-bond donors (Lipinski definition) is 1. The van der Waals surface area contributed by atoms with Gasteiger partial charge in [-0.25, -0.2) is 9.98 Å². The van der Waals surface area contributed by atoms with Gasteiger partial charge in [0.15, 0.2) is 0 Å². The number of aliphatic imine (C=N–C) groups is 1. The minimum atomic E-state index is -0.624. The van der Waals surface area contributed by atoms with Crippen molar-refractivity contribution in [2.24, 2.45) is 16.6 Å². The van der Waals surface area contributed by atoms with E-state index >= 15 is 0 Å². The Morgan fingerprint density at radius 3 is 3.00 bits per heavy atom. The van der Waals surface area contributed by atoms with Gasteiger partial charge < -0.3 is 19.9 Å². The van der Waals surface area contributed by atoms with E-state index in [1.807, 2.05) is 18.2 Å². The average molecular weight is 355 g/mol. The Bertz CT molecular complexity index is 903. The number of pyridine rings is 1. The summed E-state index contributed by atoms with van der Waals surface area (Å²) in [6, 6.07) is 9.22. The van der Waals surface area contributed by atoms with Gasteiger partial charge in [0.1, 0.15) is 24.0 Å². The number of rotatable bonds is 1. The molecule has 3 atom stereocenters. The molecule has 5 rings (SSSR count). The SMILES string of the molecule is NC1=NC2(CO1)c1cc(-c3cccnc3F)ccc1O[C@@H]1COCC[C@H]12. The fourth-order valence-electron chi connectivity index (χ4n) is 4.25. The molecule has 3 aliphatic rings. The number of hydrogen-bond acceptors (Lipinski definition) is 6. The van der Waals surface area contributed by atoms with Crippen LogP contribution in [0.15, 0.2) is 41.5 Å². The Kier molecular flexibility index (Phi) is 3.40. The van der Waals surface area contributed by atoms with Crippen LogP contribution in [0.5, 0.6) is 5.75 Å². The first kappa shape index (κ1) is 15.6. The first-order valence-corrected chi connectivity index (χ1v) is 8.65. The standard InChI is InChI=1S/C19H18FN3O3/c20-17-12(2-1-6-22-17)11-3-4-15-14(8-11)19(10-25-18(21)23-19)13-5-7-24-9-16(13)26-15/h1-4,6,8,13,16H,5,7,9-10H2,(H2,21,23)/t13-,16-,19?/m1/s1. The first-order chi connectivity index (χ1) is 12.7. The summed E-state index contributed by atoms with van der Waals surface area (Å²) in [6.45, 7) is 1.52. The van der Waals surface area contributed by atoms with Crippen molar-refractivity contribution >= 4 is 6.02 Å².